The maximum Gasteiger partial charge on any atom is 0.255 e. The van der Waals surface area contributed by atoms with Gasteiger partial charge in [-0.05, 0) is 24.1 Å². The van der Waals surface area contributed by atoms with E-state index in [1.807, 2.05) is 18.2 Å². The Balaban J connectivity index is 1.54. The number of carbonyl (C=O) groups excluding carboxylic acids is 3. The molecule has 3 aliphatic rings. The number of piperidine rings is 1. The molecule has 1 aromatic rings. The number of aliphatic hydroxyl groups is 1. The van der Waals surface area contributed by atoms with Crippen molar-refractivity contribution in [2.75, 3.05) is 31.2 Å². The number of nitrogens with one attached hydrogen (secondary N) is 1. The number of hydrogen-bond donors (Lipinski definition) is 2. The number of imide groups is 1. The summed E-state index contributed by atoms with van der Waals surface area (Å²) in [6.07, 6.45) is 0.379. The number of anilines is 1. The molecule has 3 amide bonds. The topological polar surface area (TPSA) is 99.2 Å². The number of carbonyl (C=O) groups is 3. The molecule has 2 N–H and O–H groups in total. The molecule has 2 atom stereocenters. The largest absolute Gasteiger partial charge is 0.394 e. The van der Waals surface area contributed by atoms with E-state index >= 15 is 0 Å². The zero-order chi connectivity index (χ0) is 18.3. The van der Waals surface area contributed by atoms with Gasteiger partial charge >= 0.3 is 0 Å². The number of rotatable bonds is 3. The van der Waals surface area contributed by atoms with Gasteiger partial charge in [0.15, 0.2) is 0 Å². The van der Waals surface area contributed by atoms with Crippen molar-refractivity contribution in [3.8, 4) is 0 Å². The number of fused-ring (bicyclic) bond motifs is 1. The Morgan fingerprint density at radius 2 is 2.12 bits per heavy atom. The molecule has 0 bridgehead atoms. The van der Waals surface area contributed by atoms with Gasteiger partial charge in [0.2, 0.25) is 11.8 Å². The van der Waals surface area contributed by atoms with E-state index < -0.39 is 11.9 Å². The van der Waals surface area contributed by atoms with E-state index in [-0.39, 0.29) is 30.9 Å². The molecule has 26 heavy (non-hydrogen) atoms. The summed E-state index contributed by atoms with van der Waals surface area (Å²) < 4.78 is 5.47. The van der Waals surface area contributed by atoms with Crippen molar-refractivity contribution in [2.24, 2.45) is 0 Å². The van der Waals surface area contributed by atoms with E-state index in [0.29, 0.717) is 38.2 Å². The van der Waals surface area contributed by atoms with E-state index in [9.17, 15) is 19.5 Å². The molecule has 3 heterocycles. The lowest BCUT2D eigenvalue weighted by molar-refractivity contribution is -0.136. The van der Waals surface area contributed by atoms with Crippen LogP contribution in [0.3, 0.4) is 0 Å². The van der Waals surface area contributed by atoms with E-state index in [1.165, 1.54) is 0 Å². The van der Waals surface area contributed by atoms with Gasteiger partial charge in [-0.3, -0.25) is 19.7 Å². The fraction of sp³-hybridized carbons (Fsp3) is 0.500. The monoisotopic (exact) mass is 359 g/mol. The third kappa shape index (κ3) is 2.95. The van der Waals surface area contributed by atoms with Crippen LogP contribution >= 0.6 is 0 Å². The average Bonchev–Trinajstić information content (AvgIpc) is 2.98. The van der Waals surface area contributed by atoms with Crippen LogP contribution in [-0.2, 0) is 20.9 Å². The average molecular weight is 359 g/mol. The molecule has 138 valence electrons. The standard InChI is InChI=1S/C18H21N3O5/c22-10-13-9-20(5-6-26-13)12-2-1-11-8-21(18(25)14(11)7-12)15-3-4-16(23)19-17(15)24/h1-2,7,13,15,22H,3-6,8-10H2,(H,19,23,24). The Hall–Kier alpha value is -2.45. The summed E-state index contributed by atoms with van der Waals surface area (Å²) in [7, 11) is 0. The second kappa shape index (κ2) is 6.69. The van der Waals surface area contributed by atoms with Gasteiger partial charge in [0, 0.05) is 37.3 Å². The Morgan fingerprint density at radius 3 is 2.88 bits per heavy atom. The first kappa shape index (κ1) is 17.0. The highest BCUT2D eigenvalue weighted by molar-refractivity contribution is 6.05. The van der Waals surface area contributed by atoms with Crippen molar-refractivity contribution in [1.29, 1.82) is 0 Å². The molecule has 2 fully saturated rings. The highest BCUT2D eigenvalue weighted by Crippen LogP contribution is 2.31. The second-order valence-corrected chi connectivity index (χ2v) is 6.86. The molecule has 2 saturated heterocycles. The van der Waals surface area contributed by atoms with Crippen LogP contribution in [0.25, 0.3) is 0 Å². The Morgan fingerprint density at radius 1 is 1.27 bits per heavy atom. The van der Waals surface area contributed by atoms with Gasteiger partial charge in [-0.2, -0.15) is 0 Å². The SMILES string of the molecule is O=C1CCC(N2Cc3ccc(N4CCOC(CO)C4)cc3C2=O)C(=O)N1. The molecule has 0 aromatic heterocycles. The first-order valence-corrected chi connectivity index (χ1v) is 8.82. The first-order chi connectivity index (χ1) is 12.6. The molecular weight excluding hydrogens is 338 g/mol. The fourth-order valence-corrected chi connectivity index (χ4v) is 3.80. The Labute approximate surface area is 150 Å². The summed E-state index contributed by atoms with van der Waals surface area (Å²) in [6.45, 7) is 2.13. The third-order valence-corrected chi connectivity index (χ3v) is 5.22. The molecule has 0 radical (unpaired) electrons. The molecule has 3 aliphatic heterocycles. The van der Waals surface area contributed by atoms with Crippen LogP contribution in [0, 0.1) is 0 Å². The fourth-order valence-electron chi connectivity index (χ4n) is 3.80. The maximum atomic E-state index is 12.9. The number of aliphatic hydroxyl groups excluding tert-OH is 1. The van der Waals surface area contributed by atoms with Crippen molar-refractivity contribution in [3.63, 3.8) is 0 Å². The van der Waals surface area contributed by atoms with Crippen LogP contribution in [0.15, 0.2) is 18.2 Å². The summed E-state index contributed by atoms with van der Waals surface area (Å²) in [4.78, 5) is 39.9. The maximum absolute atomic E-state index is 12.9. The van der Waals surface area contributed by atoms with Gasteiger partial charge in [0.25, 0.3) is 5.91 Å². The summed E-state index contributed by atoms with van der Waals surface area (Å²) in [5.41, 5.74) is 2.39. The lowest BCUT2D eigenvalue weighted by Crippen LogP contribution is -2.52. The van der Waals surface area contributed by atoms with Crippen LogP contribution in [0.5, 0.6) is 0 Å². The van der Waals surface area contributed by atoms with Crippen LogP contribution in [0.4, 0.5) is 5.69 Å². The van der Waals surface area contributed by atoms with Gasteiger partial charge in [0.05, 0.1) is 19.3 Å². The quantitative estimate of drug-likeness (QED) is 0.716. The Bertz CT molecular complexity index is 765. The van der Waals surface area contributed by atoms with Crippen molar-refractivity contribution < 1.29 is 24.2 Å². The van der Waals surface area contributed by atoms with Crippen molar-refractivity contribution in [3.05, 3.63) is 29.3 Å². The summed E-state index contributed by atoms with van der Waals surface area (Å²) >= 11 is 0. The van der Waals surface area contributed by atoms with Gasteiger partial charge in [0.1, 0.15) is 6.04 Å². The summed E-state index contributed by atoms with van der Waals surface area (Å²) in [6, 6.07) is 5.12. The number of nitrogens with zero attached hydrogens (tertiary/aromatic N) is 2. The minimum atomic E-state index is -0.599. The predicted octanol–water partition coefficient (Wildman–Crippen LogP) is -0.355. The molecule has 8 heteroatoms. The molecule has 4 rings (SSSR count). The summed E-state index contributed by atoms with van der Waals surface area (Å²) in [5, 5.41) is 11.6. The Kier molecular flexibility index (Phi) is 4.37. The first-order valence-electron chi connectivity index (χ1n) is 8.82. The number of amides is 3. The normalized spacial score (nSPS) is 26.1. The highest BCUT2D eigenvalue weighted by Gasteiger charge is 2.39. The van der Waals surface area contributed by atoms with Gasteiger partial charge in [-0.25, -0.2) is 0 Å². The van der Waals surface area contributed by atoms with Crippen molar-refractivity contribution >= 4 is 23.4 Å². The van der Waals surface area contributed by atoms with Gasteiger partial charge in [-0.15, -0.1) is 0 Å². The van der Waals surface area contributed by atoms with E-state index in [2.05, 4.69) is 10.2 Å². The smallest absolute Gasteiger partial charge is 0.255 e. The lowest BCUT2D eigenvalue weighted by atomic mass is 10.0. The molecule has 0 aliphatic carbocycles. The lowest BCUT2D eigenvalue weighted by Gasteiger charge is -2.33. The molecule has 1 aromatic carbocycles. The molecular formula is C18H21N3O5. The van der Waals surface area contributed by atoms with Crippen LogP contribution in [0.1, 0.15) is 28.8 Å². The minimum absolute atomic E-state index is 0.0380. The predicted molar refractivity (Wildman–Crippen MR) is 91.5 cm³/mol. The van der Waals surface area contributed by atoms with Crippen LogP contribution < -0.4 is 10.2 Å². The minimum Gasteiger partial charge on any atom is -0.394 e. The van der Waals surface area contributed by atoms with E-state index in [4.69, 9.17) is 4.74 Å². The van der Waals surface area contributed by atoms with Gasteiger partial charge < -0.3 is 19.6 Å². The van der Waals surface area contributed by atoms with Crippen LogP contribution in [-0.4, -0.2) is 66.2 Å². The number of ether oxygens (including phenoxy) is 1. The number of morpholine rings is 1. The number of benzene rings is 1. The molecule has 2 unspecified atom stereocenters. The summed E-state index contributed by atoms with van der Waals surface area (Å²) in [5.74, 6) is -0.867. The highest BCUT2D eigenvalue weighted by atomic mass is 16.5. The third-order valence-electron chi connectivity index (χ3n) is 5.22. The van der Waals surface area contributed by atoms with Crippen LogP contribution in [0.2, 0.25) is 0 Å². The zero-order valence-electron chi connectivity index (χ0n) is 14.3. The molecule has 8 nitrogen and oxygen atoms in total. The van der Waals surface area contributed by atoms with Crippen molar-refractivity contribution in [2.45, 2.75) is 31.5 Å². The van der Waals surface area contributed by atoms with E-state index in [1.54, 1.807) is 4.90 Å². The van der Waals surface area contributed by atoms with Gasteiger partial charge in [-0.1, -0.05) is 6.07 Å². The molecule has 0 saturated carbocycles. The zero-order valence-corrected chi connectivity index (χ0v) is 14.3. The number of hydrogen-bond acceptors (Lipinski definition) is 6. The van der Waals surface area contributed by atoms with E-state index in [0.717, 1.165) is 11.3 Å². The van der Waals surface area contributed by atoms with Crippen molar-refractivity contribution in [1.82, 2.24) is 10.2 Å². The molecule has 0 spiro atoms. The second-order valence-electron chi connectivity index (χ2n) is 6.86.